The van der Waals surface area contributed by atoms with Crippen LogP contribution in [0.4, 0.5) is 0 Å². The lowest BCUT2D eigenvalue weighted by Gasteiger charge is -2.19. The van der Waals surface area contributed by atoms with Crippen molar-refractivity contribution in [2.24, 2.45) is 0 Å². The maximum atomic E-state index is 10.8. The van der Waals surface area contributed by atoms with Crippen molar-refractivity contribution < 1.29 is 0 Å². The zero-order valence-corrected chi connectivity index (χ0v) is 29.5. The number of rotatable bonds is 4. The maximum absolute atomic E-state index is 10.8. The Bertz CT molecular complexity index is 3420. The lowest BCUT2D eigenvalue weighted by Crippen LogP contribution is -2.03. The first-order chi connectivity index (χ1) is 27.2. The molecule has 5 heteroatoms. The Labute approximate surface area is 316 Å². The molecule has 5 nitrogen and oxygen atoms in total. The molecule has 0 bridgehead atoms. The van der Waals surface area contributed by atoms with Gasteiger partial charge in [0.25, 0.3) is 0 Å². The summed E-state index contributed by atoms with van der Waals surface area (Å²) in [6, 6.07) is 66.0. The van der Waals surface area contributed by atoms with Crippen LogP contribution in [0.5, 0.6) is 0 Å². The van der Waals surface area contributed by atoms with Crippen molar-refractivity contribution >= 4 is 65.4 Å². The van der Waals surface area contributed by atoms with Crippen molar-refractivity contribution in [2.45, 2.75) is 0 Å². The predicted octanol–water partition coefficient (Wildman–Crippen LogP) is 12.4. The third-order valence-electron chi connectivity index (χ3n) is 11.1. The second kappa shape index (κ2) is 11.8. The van der Waals surface area contributed by atoms with Gasteiger partial charge in [-0.15, -0.1) is 0 Å². The highest BCUT2D eigenvalue weighted by Crippen LogP contribution is 2.43. The summed E-state index contributed by atoms with van der Waals surface area (Å²) < 4.78 is 6.96. The van der Waals surface area contributed by atoms with E-state index in [1.165, 1.54) is 10.8 Å². The van der Waals surface area contributed by atoms with E-state index in [0.29, 0.717) is 11.1 Å². The van der Waals surface area contributed by atoms with Crippen LogP contribution in [0.3, 0.4) is 0 Å². The number of fused-ring (bicyclic) bond motifs is 9. The van der Waals surface area contributed by atoms with Crippen molar-refractivity contribution in [1.29, 1.82) is 10.5 Å². The molecule has 11 aromatic rings. The van der Waals surface area contributed by atoms with Gasteiger partial charge < -0.3 is 13.7 Å². The molecule has 55 heavy (non-hydrogen) atoms. The highest BCUT2D eigenvalue weighted by atomic mass is 15.0. The summed E-state index contributed by atoms with van der Waals surface area (Å²) in [5.74, 6) is 0. The number of hydrogen-bond donors (Lipinski definition) is 0. The van der Waals surface area contributed by atoms with Gasteiger partial charge in [-0.2, -0.15) is 10.5 Å². The Hall–Kier alpha value is -7.86. The molecule has 0 fully saturated rings. The topological polar surface area (TPSA) is 62.4 Å². The molecule has 11 rings (SSSR count). The van der Waals surface area contributed by atoms with Crippen LogP contribution in [0, 0.1) is 22.7 Å². The van der Waals surface area contributed by atoms with Gasteiger partial charge in [0.2, 0.25) is 0 Å². The van der Waals surface area contributed by atoms with Crippen LogP contribution in [0.1, 0.15) is 11.1 Å². The highest BCUT2D eigenvalue weighted by Gasteiger charge is 2.23. The molecule has 3 aromatic heterocycles. The van der Waals surface area contributed by atoms with Crippen molar-refractivity contribution in [1.82, 2.24) is 13.7 Å². The van der Waals surface area contributed by atoms with E-state index in [1.54, 1.807) is 0 Å². The van der Waals surface area contributed by atoms with Gasteiger partial charge in [0, 0.05) is 49.1 Å². The van der Waals surface area contributed by atoms with Gasteiger partial charge >= 0.3 is 0 Å². The number of benzene rings is 8. The fraction of sp³-hybridized carbons (Fsp3) is 0. The average Bonchev–Trinajstić information content (AvgIpc) is 3.88. The number of hydrogen-bond acceptors (Lipinski definition) is 2. The Morgan fingerprint density at radius 3 is 1.49 bits per heavy atom. The molecule has 0 saturated heterocycles. The second-order valence-electron chi connectivity index (χ2n) is 13.9. The first kappa shape index (κ1) is 30.7. The first-order valence-electron chi connectivity index (χ1n) is 18.3. The lowest BCUT2D eigenvalue weighted by molar-refractivity contribution is 1.15. The highest BCUT2D eigenvalue weighted by molar-refractivity contribution is 6.13. The lowest BCUT2D eigenvalue weighted by atomic mass is 9.96. The molecule has 0 atom stereocenters. The zero-order chi connectivity index (χ0) is 36.6. The Balaban J connectivity index is 1.22. The van der Waals surface area contributed by atoms with E-state index < -0.39 is 0 Å². The predicted molar refractivity (Wildman–Crippen MR) is 224 cm³/mol. The van der Waals surface area contributed by atoms with E-state index in [0.717, 1.165) is 82.8 Å². The Morgan fingerprint density at radius 2 is 0.855 bits per heavy atom. The average molecular weight is 700 g/mol. The monoisotopic (exact) mass is 699 g/mol. The number of para-hydroxylation sites is 5. The molecule has 0 saturated carbocycles. The van der Waals surface area contributed by atoms with E-state index in [9.17, 15) is 10.5 Å². The van der Waals surface area contributed by atoms with E-state index in [2.05, 4.69) is 159 Å². The van der Waals surface area contributed by atoms with Crippen molar-refractivity contribution in [2.75, 3.05) is 0 Å². The third kappa shape index (κ3) is 4.39. The van der Waals surface area contributed by atoms with Crippen molar-refractivity contribution in [3.8, 4) is 40.3 Å². The van der Waals surface area contributed by atoms with Crippen LogP contribution in [0.2, 0.25) is 0 Å². The van der Waals surface area contributed by atoms with Gasteiger partial charge in [-0.3, -0.25) is 0 Å². The maximum Gasteiger partial charge on any atom is 0.0998 e. The second-order valence-corrected chi connectivity index (χ2v) is 13.9. The fourth-order valence-corrected chi connectivity index (χ4v) is 8.84. The van der Waals surface area contributed by atoms with Crippen LogP contribution in [-0.4, -0.2) is 13.7 Å². The SMILES string of the molecule is N#Cc1ccc2c(c1)c1ccccc1n2-c1cccc(C#N)c1-c1ccccc1-n1c2ccccc2c2ccc(-n3c4ccccc4c4ccccc43)cc21. The molecule has 0 amide bonds. The summed E-state index contributed by atoms with van der Waals surface area (Å²) in [5, 5.41) is 27.4. The minimum Gasteiger partial charge on any atom is -0.309 e. The number of nitriles is 2. The van der Waals surface area contributed by atoms with Gasteiger partial charge in [-0.05, 0) is 72.8 Å². The van der Waals surface area contributed by atoms with E-state index in [-0.39, 0.29) is 0 Å². The van der Waals surface area contributed by atoms with Gasteiger partial charge in [-0.1, -0.05) is 103 Å². The van der Waals surface area contributed by atoms with Crippen LogP contribution in [-0.2, 0) is 0 Å². The molecule has 254 valence electrons. The molecule has 0 radical (unpaired) electrons. The summed E-state index contributed by atoms with van der Waals surface area (Å²) in [7, 11) is 0. The van der Waals surface area contributed by atoms with Crippen molar-refractivity contribution in [3.05, 3.63) is 187 Å². The van der Waals surface area contributed by atoms with Gasteiger partial charge in [0.15, 0.2) is 0 Å². The third-order valence-corrected chi connectivity index (χ3v) is 11.1. The van der Waals surface area contributed by atoms with E-state index >= 15 is 0 Å². The van der Waals surface area contributed by atoms with E-state index in [4.69, 9.17) is 0 Å². The number of aromatic nitrogens is 3. The Kier molecular flexibility index (Phi) is 6.61. The summed E-state index contributed by atoms with van der Waals surface area (Å²) in [4.78, 5) is 0. The van der Waals surface area contributed by atoms with Gasteiger partial charge in [0.05, 0.1) is 67.7 Å². The van der Waals surface area contributed by atoms with Crippen LogP contribution < -0.4 is 0 Å². The summed E-state index contributed by atoms with van der Waals surface area (Å²) >= 11 is 0. The summed E-state index contributed by atoms with van der Waals surface area (Å²) in [6.45, 7) is 0. The molecular weight excluding hydrogens is 671 g/mol. The molecule has 0 aliphatic rings. The minimum absolute atomic E-state index is 0.580. The molecule has 0 aliphatic carbocycles. The quantitative estimate of drug-likeness (QED) is 0.184. The Morgan fingerprint density at radius 1 is 0.345 bits per heavy atom. The molecule has 0 aliphatic heterocycles. The first-order valence-corrected chi connectivity index (χ1v) is 18.3. The standard InChI is InChI=1S/C50H29N5/c51-30-32-24-27-47-41(28-32)38-16-4-9-21-45(38)54(47)48-23-11-12-33(31-52)50(48)40-17-5-10-22-46(40)55-44-20-8-3-15-37(44)39-26-25-34(29-49(39)55)53-42-18-6-1-13-35(42)36-14-2-7-19-43(36)53/h1-29H. The largest absolute Gasteiger partial charge is 0.309 e. The smallest absolute Gasteiger partial charge is 0.0998 e. The molecular formula is C50H29N5. The summed E-state index contributed by atoms with van der Waals surface area (Å²) in [5.41, 5.74) is 12.4. The molecule has 3 heterocycles. The number of nitrogens with zero attached hydrogens (tertiary/aromatic N) is 5. The summed E-state index contributed by atoms with van der Waals surface area (Å²) in [6.07, 6.45) is 0. The molecule has 0 spiro atoms. The van der Waals surface area contributed by atoms with Crippen LogP contribution in [0.25, 0.3) is 93.6 Å². The fourth-order valence-electron chi connectivity index (χ4n) is 8.84. The van der Waals surface area contributed by atoms with Gasteiger partial charge in [-0.25, -0.2) is 0 Å². The zero-order valence-electron chi connectivity index (χ0n) is 29.5. The normalized spacial score (nSPS) is 11.6. The molecule has 8 aromatic carbocycles. The van der Waals surface area contributed by atoms with Crippen molar-refractivity contribution in [3.63, 3.8) is 0 Å². The van der Waals surface area contributed by atoms with Gasteiger partial charge in [0.1, 0.15) is 0 Å². The molecule has 0 unspecified atom stereocenters. The van der Waals surface area contributed by atoms with Crippen LogP contribution in [0.15, 0.2) is 176 Å². The van der Waals surface area contributed by atoms with E-state index in [1.807, 2.05) is 42.5 Å². The minimum atomic E-state index is 0.580. The molecule has 0 N–H and O–H groups in total. The van der Waals surface area contributed by atoms with Crippen LogP contribution >= 0.6 is 0 Å².